The fourth-order valence-corrected chi connectivity index (χ4v) is 2.99. The van der Waals surface area contributed by atoms with E-state index in [0.29, 0.717) is 0 Å². The van der Waals surface area contributed by atoms with Gasteiger partial charge in [-0.2, -0.15) is 8.42 Å². The van der Waals surface area contributed by atoms with Crippen molar-refractivity contribution in [3.8, 4) is 0 Å². The molecular weight excluding hydrogens is 228 g/mol. The lowest BCUT2D eigenvalue weighted by molar-refractivity contribution is 0.485. The average Bonchev–Trinajstić information content (AvgIpc) is 2.01. The van der Waals surface area contributed by atoms with Gasteiger partial charge in [0, 0.05) is 0 Å². The molecule has 80 valence electrons. The monoisotopic (exact) mass is 238 g/mol. The Morgan fingerprint density at radius 2 is 2.14 bits per heavy atom. The predicted octanol–water partition coefficient (Wildman–Crippen LogP) is 0.904. The fourth-order valence-electron chi connectivity index (χ4n) is 1.19. The Balaban J connectivity index is 3.30. The molecule has 0 spiro atoms. The zero-order valence-electron chi connectivity index (χ0n) is 7.37. The molecule has 5 nitrogen and oxygen atoms in total. The topological polar surface area (TPSA) is 91.7 Å². The average molecular weight is 238 g/mol. The summed E-state index contributed by atoms with van der Waals surface area (Å²) in [6.45, 7) is 1.75. The Bertz CT molecular complexity index is 417. The second kappa shape index (κ2) is 3.93. The minimum atomic E-state index is -4.38. The summed E-state index contributed by atoms with van der Waals surface area (Å²) in [5.41, 5.74) is 0. The molecule has 0 fully saturated rings. The Kier molecular flexibility index (Phi) is 3.25. The van der Waals surface area contributed by atoms with Crippen molar-refractivity contribution < 1.29 is 21.7 Å². The highest BCUT2D eigenvalue weighted by Gasteiger charge is 2.25. The first-order valence-corrected chi connectivity index (χ1v) is 6.36. The quantitative estimate of drug-likeness (QED) is 0.551. The van der Waals surface area contributed by atoms with Crippen molar-refractivity contribution in [3.05, 3.63) is 22.0 Å². The molecule has 0 aromatic carbocycles. The molecule has 0 amide bonds. The van der Waals surface area contributed by atoms with E-state index in [2.05, 4.69) is 0 Å². The Labute approximate surface area is 84.5 Å². The zero-order valence-corrected chi connectivity index (χ0v) is 9.01. The number of hydrogen-bond acceptors (Lipinski definition) is 3. The van der Waals surface area contributed by atoms with Crippen LogP contribution in [0.5, 0.6) is 0 Å². The van der Waals surface area contributed by atoms with Crippen LogP contribution in [-0.2, 0) is 21.2 Å². The Morgan fingerprint density at radius 1 is 1.57 bits per heavy atom. The molecule has 0 aromatic rings. The summed E-state index contributed by atoms with van der Waals surface area (Å²) in [4.78, 5) is -0.612. The van der Waals surface area contributed by atoms with Crippen LogP contribution in [0.15, 0.2) is 22.0 Å². The maximum absolute atomic E-state index is 10.9. The van der Waals surface area contributed by atoms with Gasteiger partial charge in [-0.25, -0.2) is 4.21 Å². The second-order valence-electron chi connectivity index (χ2n) is 3.05. The van der Waals surface area contributed by atoms with Gasteiger partial charge in [-0.3, -0.25) is 4.55 Å². The van der Waals surface area contributed by atoms with Crippen molar-refractivity contribution in [1.82, 2.24) is 0 Å². The van der Waals surface area contributed by atoms with E-state index in [-0.39, 0.29) is 22.1 Å². The van der Waals surface area contributed by atoms with Gasteiger partial charge in [-0.15, -0.1) is 0 Å². The molecule has 0 saturated carbocycles. The maximum Gasteiger partial charge on any atom is 0.291 e. The van der Waals surface area contributed by atoms with Crippen LogP contribution in [0.1, 0.15) is 13.3 Å². The summed E-state index contributed by atoms with van der Waals surface area (Å²) >= 11 is -2.39. The Hall–Kier alpha value is -0.500. The first-order chi connectivity index (χ1) is 6.32. The normalized spacial score (nSPS) is 25.2. The van der Waals surface area contributed by atoms with Crippen molar-refractivity contribution in [2.75, 3.05) is 0 Å². The molecule has 14 heavy (non-hydrogen) atoms. The SMILES string of the molecule is CC1C=CC(S(=O)O)=C(S(=O)(=O)O)C1. The molecule has 0 saturated heterocycles. The second-order valence-corrected chi connectivity index (χ2v) is 5.43. The van der Waals surface area contributed by atoms with Crippen molar-refractivity contribution in [2.24, 2.45) is 5.92 Å². The van der Waals surface area contributed by atoms with Gasteiger partial charge in [0.15, 0.2) is 11.1 Å². The molecule has 1 rings (SSSR count). The summed E-state index contributed by atoms with van der Waals surface area (Å²) in [6, 6.07) is 0. The summed E-state index contributed by atoms with van der Waals surface area (Å²) < 4.78 is 50.1. The van der Waals surface area contributed by atoms with Gasteiger partial charge in [0.2, 0.25) is 0 Å². The van der Waals surface area contributed by atoms with Gasteiger partial charge in [0.25, 0.3) is 10.1 Å². The van der Waals surface area contributed by atoms with Gasteiger partial charge in [0.1, 0.15) is 0 Å². The third-order valence-corrected chi connectivity index (χ3v) is 3.76. The molecule has 2 N–H and O–H groups in total. The first-order valence-electron chi connectivity index (χ1n) is 3.82. The van der Waals surface area contributed by atoms with Crippen molar-refractivity contribution in [1.29, 1.82) is 0 Å². The van der Waals surface area contributed by atoms with Crippen LogP contribution in [-0.4, -0.2) is 21.7 Å². The molecule has 0 bridgehead atoms. The van der Waals surface area contributed by atoms with Crippen LogP contribution < -0.4 is 0 Å². The molecule has 1 aliphatic carbocycles. The first kappa shape index (κ1) is 11.6. The number of rotatable bonds is 2. The molecule has 2 unspecified atom stereocenters. The number of allylic oxidation sites excluding steroid dienone is 3. The molecule has 7 heteroatoms. The predicted molar refractivity (Wildman–Crippen MR) is 52.3 cm³/mol. The molecule has 0 radical (unpaired) electrons. The highest BCUT2D eigenvalue weighted by atomic mass is 32.2. The zero-order chi connectivity index (χ0) is 10.9. The van der Waals surface area contributed by atoms with Crippen LogP contribution in [0, 0.1) is 5.92 Å². The van der Waals surface area contributed by atoms with Crippen molar-refractivity contribution in [3.63, 3.8) is 0 Å². The molecule has 0 aliphatic heterocycles. The largest absolute Gasteiger partial charge is 0.302 e. The van der Waals surface area contributed by atoms with E-state index < -0.39 is 21.2 Å². The highest BCUT2D eigenvalue weighted by Crippen LogP contribution is 2.28. The van der Waals surface area contributed by atoms with Crippen LogP contribution in [0.25, 0.3) is 0 Å². The van der Waals surface area contributed by atoms with Gasteiger partial charge >= 0.3 is 0 Å². The summed E-state index contributed by atoms with van der Waals surface area (Å²) in [5, 5.41) is 0. The minimum Gasteiger partial charge on any atom is -0.302 e. The lowest BCUT2D eigenvalue weighted by atomic mass is 10.0. The van der Waals surface area contributed by atoms with Crippen LogP contribution >= 0.6 is 0 Å². The lowest BCUT2D eigenvalue weighted by Gasteiger charge is -2.15. The molecule has 1 aliphatic rings. The summed E-state index contributed by atoms with van der Waals surface area (Å²) in [5.74, 6) is -0.0702. The third-order valence-electron chi connectivity index (χ3n) is 1.86. The van der Waals surface area contributed by atoms with E-state index in [1.807, 2.05) is 0 Å². The minimum absolute atomic E-state index is 0.0525. The van der Waals surface area contributed by atoms with E-state index in [1.54, 1.807) is 13.0 Å². The van der Waals surface area contributed by atoms with Crippen LogP contribution in [0.3, 0.4) is 0 Å². The maximum atomic E-state index is 10.9. The van der Waals surface area contributed by atoms with Gasteiger partial charge < -0.3 is 4.55 Å². The smallest absolute Gasteiger partial charge is 0.291 e. The summed E-state index contributed by atoms with van der Waals surface area (Å²) in [6.07, 6.45) is 2.93. The van der Waals surface area contributed by atoms with E-state index in [4.69, 9.17) is 9.11 Å². The van der Waals surface area contributed by atoms with Crippen molar-refractivity contribution >= 4 is 21.2 Å². The van der Waals surface area contributed by atoms with E-state index in [0.717, 1.165) is 0 Å². The van der Waals surface area contributed by atoms with Gasteiger partial charge in [0.05, 0.1) is 9.81 Å². The highest BCUT2D eigenvalue weighted by molar-refractivity contribution is 7.91. The van der Waals surface area contributed by atoms with E-state index in [1.165, 1.54) is 6.08 Å². The van der Waals surface area contributed by atoms with Crippen LogP contribution in [0.2, 0.25) is 0 Å². The standard InChI is InChI=1S/C7H10O5S2/c1-5-2-3-6(13(8)9)7(4-5)14(10,11)12/h2-3,5H,4H2,1H3,(H,8,9)(H,10,11,12). The lowest BCUT2D eigenvalue weighted by Crippen LogP contribution is -2.13. The molecule has 2 atom stereocenters. The van der Waals surface area contributed by atoms with E-state index in [9.17, 15) is 12.6 Å². The van der Waals surface area contributed by atoms with Crippen LogP contribution in [0.4, 0.5) is 0 Å². The molecular formula is C7H10O5S2. The molecule has 0 aromatic heterocycles. The third kappa shape index (κ3) is 2.50. The fraction of sp³-hybridized carbons (Fsp3) is 0.429. The van der Waals surface area contributed by atoms with E-state index >= 15 is 0 Å². The van der Waals surface area contributed by atoms with Gasteiger partial charge in [-0.1, -0.05) is 13.0 Å². The number of hydrogen-bond donors (Lipinski definition) is 2. The van der Waals surface area contributed by atoms with Gasteiger partial charge in [-0.05, 0) is 18.4 Å². The van der Waals surface area contributed by atoms with Crippen molar-refractivity contribution in [2.45, 2.75) is 13.3 Å². The summed E-state index contributed by atoms with van der Waals surface area (Å²) in [7, 11) is -4.38. The Morgan fingerprint density at radius 3 is 2.57 bits per heavy atom. The molecule has 0 heterocycles.